The summed E-state index contributed by atoms with van der Waals surface area (Å²) in [6.45, 7) is 3.53. The van der Waals surface area contributed by atoms with Gasteiger partial charge in [0.05, 0.1) is 12.7 Å². The van der Waals surface area contributed by atoms with Crippen molar-refractivity contribution < 1.29 is 4.74 Å². The quantitative estimate of drug-likeness (QED) is 0.763. The number of thiol groups is 1. The van der Waals surface area contributed by atoms with Crippen LogP contribution in [0.3, 0.4) is 0 Å². The molecule has 1 saturated carbocycles. The Morgan fingerprint density at radius 3 is 2.81 bits per heavy atom. The lowest BCUT2D eigenvalue weighted by Crippen LogP contribution is -2.47. The Balaban J connectivity index is 1.90. The number of ether oxygens (including phenoxy) is 1. The van der Waals surface area contributed by atoms with Gasteiger partial charge in [-0.2, -0.15) is 17.9 Å². The van der Waals surface area contributed by atoms with Crippen LogP contribution < -0.4 is 0 Å². The number of hydrogen-bond donors (Lipinski definition) is 1. The molecule has 2 rings (SSSR count). The molecule has 2 aliphatic rings. The molecule has 2 fully saturated rings. The number of nitrogens with zero attached hydrogens (tertiary/aromatic N) is 2. The second-order valence-electron chi connectivity index (χ2n) is 5.09. The first-order chi connectivity index (χ1) is 7.78. The van der Waals surface area contributed by atoms with Crippen LogP contribution >= 0.6 is 12.6 Å². The summed E-state index contributed by atoms with van der Waals surface area (Å²) >= 11 is 4.52. The van der Waals surface area contributed by atoms with Gasteiger partial charge in [0.25, 0.3) is 0 Å². The molecule has 1 saturated heterocycles. The van der Waals surface area contributed by atoms with E-state index in [2.05, 4.69) is 23.6 Å². The van der Waals surface area contributed by atoms with Crippen LogP contribution in [0.5, 0.6) is 0 Å². The Hall–Kier alpha value is -0.240. The van der Waals surface area contributed by atoms with Crippen LogP contribution in [0.4, 0.5) is 0 Å². The molecule has 0 bridgehead atoms. The number of hydrogen-bond acceptors (Lipinski definition) is 4. The first-order valence-corrected chi connectivity index (χ1v) is 6.76. The highest BCUT2D eigenvalue weighted by Crippen LogP contribution is 2.39. The lowest BCUT2D eigenvalue weighted by atomic mass is 9.87. The zero-order valence-electron chi connectivity index (χ0n) is 9.69. The highest BCUT2D eigenvalue weighted by atomic mass is 32.1. The van der Waals surface area contributed by atoms with Gasteiger partial charge >= 0.3 is 0 Å². The molecular weight excluding hydrogens is 220 g/mol. The molecule has 0 N–H and O–H groups in total. The van der Waals surface area contributed by atoms with Crippen LogP contribution in [0, 0.1) is 16.7 Å². The predicted octanol–water partition coefficient (Wildman–Crippen LogP) is 1.70. The molecule has 0 aromatic heterocycles. The molecule has 0 aromatic rings. The Morgan fingerprint density at radius 2 is 2.19 bits per heavy atom. The highest BCUT2D eigenvalue weighted by molar-refractivity contribution is 7.80. The van der Waals surface area contributed by atoms with Gasteiger partial charge in [-0.3, -0.25) is 4.90 Å². The van der Waals surface area contributed by atoms with Crippen molar-refractivity contribution in [1.29, 1.82) is 5.26 Å². The fourth-order valence-corrected chi connectivity index (χ4v) is 3.31. The van der Waals surface area contributed by atoms with E-state index in [1.54, 1.807) is 0 Å². The molecule has 1 aliphatic carbocycles. The maximum Gasteiger partial charge on any atom is 0.156 e. The van der Waals surface area contributed by atoms with Crippen molar-refractivity contribution in [3.05, 3.63) is 0 Å². The molecule has 1 unspecified atom stereocenters. The van der Waals surface area contributed by atoms with Gasteiger partial charge in [-0.15, -0.1) is 0 Å². The minimum atomic E-state index is -0.230. The average Bonchev–Trinajstić information content (AvgIpc) is 2.78. The van der Waals surface area contributed by atoms with Crippen molar-refractivity contribution in [2.45, 2.75) is 31.8 Å². The smallest absolute Gasteiger partial charge is 0.156 e. The second-order valence-corrected chi connectivity index (χ2v) is 5.41. The predicted molar refractivity (Wildman–Crippen MR) is 66.5 cm³/mol. The molecule has 0 radical (unpaired) electrons. The molecule has 16 heavy (non-hydrogen) atoms. The minimum absolute atomic E-state index is 0.230. The topological polar surface area (TPSA) is 36.3 Å². The van der Waals surface area contributed by atoms with E-state index >= 15 is 0 Å². The SMILES string of the molecule is N#CC1CN(CC2(CS)CCCC2)CCO1. The summed E-state index contributed by atoms with van der Waals surface area (Å²) in [6.07, 6.45) is 5.04. The molecule has 1 atom stereocenters. The zero-order chi connectivity index (χ0) is 11.4. The van der Waals surface area contributed by atoms with Crippen LogP contribution in [0.15, 0.2) is 0 Å². The van der Waals surface area contributed by atoms with Crippen molar-refractivity contribution in [2.24, 2.45) is 5.41 Å². The molecule has 0 aromatic carbocycles. The van der Waals surface area contributed by atoms with Crippen LogP contribution in [0.2, 0.25) is 0 Å². The molecule has 1 aliphatic heterocycles. The summed E-state index contributed by atoms with van der Waals surface area (Å²) in [5.74, 6) is 0.974. The molecule has 0 amide bonds. The highest BCUT2D eigenvalue weighted by Gasteiger charge is 2.35. The van der Waals surface area contributed by atoms with Crippen molar-refractivity contribution in [2.75, 3.05) is 32.0 Å². The molecule has 3 nitrogen and oxygen atoms in total. The van der Waals surface area contributed by atoms with Crippen LogP contribution in [-0.2, 0) is 4.74 Å². The average molecular weight is 240 g/mol. The summed E-state index contributed by atoms with van der Waals surface area (Å²) in [6, 6.07) is 2.21. The van der Waals surface area contributed by atoms with Gasteiger partial charge in [-0.25, -0.2) is 0 Å². The Labute approximate surface area is 103 Å². The maximum absolute atomic E-state index is 8.87. The Bertz CT molecular complexity index is 271. The van der Waals surface area contributed by atoms with Crippen LogP contribution in [0.25, 0.3) is 0 Å². The van der Waals surface area contributed by atoms with Crippen molar-refractivity contribution in [3.63, 3.8) is 0 Å². The lowest BCUT2D eigenvalue weighted by Gasteiger charge is -2.37. The van der Waals surface area contributed by atoms with E-state index in [-0.39, 0.29) is 6.10 Å². The first-order valence-electron chi connectivity index (χ1n) is 6.12. The largest absolute Gasteiger partial charge is 0.361 e. The third kappa shape index (κ3) is 2.71. The Morgan fingerprint density at radius 1 is 1.44 bits per heavy atom. The van der Waals surface area contributed by atoms with Gasteiger partial charge in [0.2, 0.25) is 0 Å². The molecule has 0 spiro atoms. The van der Waals surface area contributed by atoms with E-state index in [4.69, 9.17) is 10.00 Å². The summed E-state index contributed by atoms with van der Waals surface area (Å²) in [4.78, 5) is 2.39. The van der Waals surface area contributed by atoms with E-state index < -0.39 is 0 Å². The third-order valence-corrected chi connectivity index (χ3v) is 4.52. The van der Waals surface area contributed by atoms with Crippen molar-refractivity contribution >= 4 is 12.6 Å². The molecule has 90 valence electrons. The van der Waals surface area contributed by atoms with Gasteiger partial charge in [0, 0.05) is 19.6 Å². The number of nitriles is 1. The van der Waals surface area contributed by atoms with Crippen molar-refractivity contribution in [3.8, 4) is 6.07 Å². The van der Waals surface area contributed by atoms with Crippen LogP contribution in [0.1, 0.15) is 25.7 Å². The molecule has 4 heteroatoms. The van der Waals surface area contributed by atoms with E-state index in [1.165, 1.54) is 25.7 Å². The lowest BCUT2D eigenvalue weighted by molar-refractivity contribution is -0.0127. The Kier molecular flexibility index (Phi) is 4.12. The van der Waals surface area contributed by atoms with Gasteiger partial charge in [0.1, 0.15) is 0 Å². The normalized spacial score (nSPS) is 30.1. The molecule has 1 heterocycles. The summed E-state index contributed by atoms with van der Waals surface area (Å²) in [5.41, 5.74) is 0.403. The number of morpholine rings is 1. The van der Waals surface area contributed by atoms with Gasteiger partial charge in [-0.1, -0.05) is 12.8 Å². The van der Waals surface area contributed by atoms with Gasteiger partial charge < -0.3 is 4.74 Å². The maximum atomic E-state index is 8.87. The summed E-state index contributed by atoms with van der Waals surface area (Å²) in [7, 11) is 0. The standard InChI is InChI=1S/C12H20N2OS/c13-7-11-8-14(5-6-15-11)9-12(10-16)3-1-2-4-12/h11,16H,1-6,8-10H2. The van der Waals surface area contributed by atoms with E-state index in [1.807, 2.05) is 0 Å². The van der Waals surface area contributed by atoms with Gasteiger partial charge in [-0.05, 0) is 24.0 Å². The van der Waals surface area contributed by atoms with Gasteiger partial charge in [0.15, 0.2) is 6.10 Å². The van der Waals surface area contributed by atoms with E-state index in [9.17, 15) is 0 Å². The van der Waals surface area contributed by atoms with E-state index in [0.717, 1.165) is 25.4 Å². The minimum Gasteiger partial charge on any atom is -0.361 e. The molecular formula is C12H20N2OS. The summed E-state index contributed by atoms with van der Waals surface area (Å²) in [5, 5.41) is 8.87. The second kappa shape index (κ2) is 5.39. The third-order valence-electron chi connectivity index (χ3n) is 3.85. The first kappa shape index (κ1) is 12.2. The fourth-order valence-electron chi connectivity index (χ4n) is 2.89. The zero-order valence-corrected chi connectivity index (χ0v) is 10.6. The monoisotopic (exact) mass is 240 g/mol. The number of rotatable bonds is 3. The van der Waals surface area contributed by atoms with Crippen molar-refractivity contribution in [1.82, 2.24) is 4.90 Å². The fraction of sp³-hybridized carbons (Fsp3) is 0.917. The van der Waals surface area contributed by atoms with Crippen LogP contribution in [-0.4, -0.2) is 43.0 Å². The van der Waals surface area contributed by atoms with E-state index in [0.29, 0.717) is 12.0 Å². The summed E-state index contributed by atoms with van der Waals surface area (Å²) < 4.78 is 5.37.